The van der Waals surface area contributed by atoms with Gasteiger partial charge >= 0.3 is 0 Å². The minimum Gasteiger partial charge on any atom is -0.495 e. The number of nitrogens with zero attached hydrogens (tertiary/aromatic N) is 2. The first-order valence-corrected chi connectivity index (χ1v) is 18.4. The maximum Gasteiger partial charge on any atom is 0.258 e. The van der Waals surface area contributed by atoms with E-state index in [1.807, 2.05) is 67.7 Å². The van der Waals surface area contributed by atoms with Crippen LogP contribution in [0.1, 0.15) is 52.6 Å². The van der Waals surface area contributed by atoms with Crippen LogP contribution in [0.25, 0.3) is 10.8 Å². The molecule has 1 fully saturated rings. The Balaban J connectivity index is 1.36. The summed E-state index contributed by atoms with van der Waals surface area (Å²) in [6.45, 7) is 3.27. The lowest BCUT2D eigenvalue weighted by atomic mass is 9.88. The summed E-state index contributed by atoms with van der Waals surface area (Å²) in [6, 6.07) is 21.6. The molecule has 2 atom stereocenters. The van der Waals surface area contributed by atoms with E-state index >= 15 is 0 Å². The molecule has 5 rings (SSSR count). The van der Waals surface area contributed by atoms with Crippen molar-refractivity contribution in [3.8, 4) is 11.5 Å². The van der Waals surface area contributed by atoms with Crippen LogP contribution < -0.4 is 9.47 Å². The van der Waals surface area contributed by atoms with Crippen molar-refractivity contribution in [2.45, 2.75) is 36.0 Å². The number of halogens is 3. The van der Waals surface area contributed by atoms with Gasteiger partial charge in [0.25, 0.3) is 5.91 Å². The molecule has 6 nitrogen and oxygen atoms in total. The summed E-state index contributed by atoms with van der Waals surface area (Å²) in [4.78, 5) is 19.4. The first-order chi connectivity index (χ1) is 22.1. The van der Waals surface area contributed by atoms with E-state index in [-0.39, 0.29) is 11.8 Å². The van der Waals surface area contributed by atoms with Crippen molar-refractivity contribution < 1.29 is 18.5 Å². The zero-order chi connectivity index (χ0) is 33.0. The van der Waals surface area contributed by atoms with Crippen molar-refractivity contribution in [2.75, 3.05) is 53.7 Å². The molecule has 1 aliphatic heterocycles. The Kier molecular flexibility index (Phi) is 11.7. The van der Waals surface area contributed by atoms with Gasteiger partial charge in [-0.1, -0.05) is 71.7 Å². The molecule has 0 aliphatic carbocycles. The van der Waals surface area contributed by atoms with Gasteiger partial charge < -0.3 is 19.3 Å². The first-order valence-electron chi connectivity index (χ1n) is 15.3. The summed E-state index contributed by atoms with van der Waals surface area (Å²) in [6.07, 6.45) is 4.62. The zero-order valence-corrected chi connectivity index (χ0v) is 30.4. The van der Waals surface area contributed by atoms with Crippen LogP contribution in [0.5, 0.6) is 11.5 Å². The van der Waals surface area contributed by atoms with Crippen LogP contribution in [0.15, 0.2) is 76.1 Å². The third kappa shape index (κ3) is 7.42. The molecule has 0 radical (unpaired) electrons. The maximum absolute atomic E-state index is 14.2. The summed E-state index contributed by atoms with van der Waals surface area (Å²) in [5.74, 6) is 1.34. The number of methoxy groups -OCH3 is 2. The van der Waals surface area contributed by atoms with Gasteiger partial charge in [0.15, 0.2) is 0 Å². The smallest absolute Gasteiger partial charge is 0.258 e. The van der Waals surface area contributed by atoms with E-state index in [1.165, 1.54) is 5.56 Å². The molecule has 0 unspecified atom stereocenters. The van der Waals surface area contributed by atoms with E-state index in [2.05, 4.69) is 26.9 Å². The second-order valence-electron chi connectivity index (χ2n) is 11.8. The van der Waals surface area contributed by atoms with Crippen molar-refractivity contribution in [1.29, 1.82) is 0 Å². The largest absolute Gasteiger partial charge is 0.495 e. The predicted molar refractivity (Wildman–Crippen MR) is 193 cm³/mol. The second-order valence-corrected chi connectivity index (χ2v) is 14.7. The molecule has 4 aromatic carbocycles. The fraction of sp³-hybridized carbons (Fsp3) is 0.361. The van der Waals surface area contributed by atoms with Crippen molar-refractivity contribution in [3.63, 3.8) is 0 Å². The molecular formula is C36H39BrCl2N2O4S. The number of hydrogen-bond donors (Lipinski definition) is 0. The molecule has 4 aromatic rings. The predicted octanol–water partition coefficient (Wildman–Crippen LogP) is 8.79. The lowest BCUT2D eigenvalue weighted by Gasteiger charge is -2.34. The molecule has 0 spiro atoms. The Bertz CT molecular complexity index is 1750. The van der Waals surface area contributed by atoms with Crippen LogP contribution >= 0.6 is 39.1 Å². The molecule has 1 aliphatic rings. The summed E-state index contributed by atoms with van der Waals surface area (Å²) in [5, 5.41) is 2.59. The standard InChI is InChI=1S/C36H39BrCl2N2O4S/c1-40(36(42)32-27-10-5-6-11-28(27)34(44-2)33(37)35(32)45-3)22-25(24-13-14-29(38)30(39)21-24)17-20-41-18-15-23(16-19-41)26-9-7-8-12-31(26)46(4)43/h5-14,21,23,25H,15-20,22H2,1-4H3/t25-,46+/m1/s1. The van der Waals surface area contributed by atoms with Crippen LogP contribution in [0, 0.1) is 0 Å². The average molecular weight is 747 g/mol. The number of likely N-dealkylation sites (N-methyl/N-ethyl adjacent to an activating group) is 1. The molecule has 244 valence electrons. The van der Waals surface area contributed by atoms with Gasteiger partial charge in [0, 0.05) is 41.4 Å². The highest BCUT2D eigenvalue weighted by Crippen LogP contribution is 2.45. The fourth-order valence-corrected chi connectivity index (χ4v) is 8.45. The molecule has 10 heteroatoms. The summed E-state index contributed by atoms with van der Waals surface area (Å²) < 4.78 is 24.4. The Morgan fingerprint density at radius 2 is 1.63 bits per heavy atom. The van der Waals surface area contributed by atoms with Crippen LogP contribution in [-0.2, 0) is 10.8 Å². The van der Waals surface area contributed by atoms with E-state index in [1.54, 1.807) is 25.4 Å². The van der Waals surface area contributed by atoms with Gasteiger partial charge in [-0.15, -0.1) is 0 Å². The number of carbonyl (C=O) groups is 1. The molecule has 1 heterocycles. The Morgan fingerprint density at radius 3 is 2.28 bits per heavy atom. The number of carbonyl (C=O) groups excluding carboxylic acids is 1. The number of fused-ring (bicyclic) bond motifs is 1. The Labute approximate surface area is 292 Å². The summed E-state index contributed by atoms with van der Waals surface area (Å²) >= 11 is 16.4. The number of benzene rings is 4. The molecule has 46 heavy (non-hydrogen) atoms. The van der Waals surface area contributed by atoms with Gasteiger partial charge in [-0.25, -0.2) is 0 Å². The highest BCUT2D eigenvalue weighted by atomic mass is 79.9. The van der Waals surface area contributed by atoms with Crippen molar-refractivity contribution >= 4 is 66.6 Å². The molecule has 0 aromatic heterocycles. The van der Waals surface area contributed by atoms with E-state index in [9.17, 15) is 9.00 Å². The quantitative estimate of drug-likeness (QED) is 0.154. The minimum atomic E-state index is -1.01. The topological polar surface area (TPSA) is 59.1 Å². The molecule has 0 bridgehead atoms. The maximum atomic E-state index is 14.2. The molecule has 0 N–H and O–H groups in total. The van der Waals surface area contributed by atoms with E-state index < -0.39 is 10.8 Å². The third-order valence-corrected chi connectivity index (χ3v) is 11.4. The van der Waals surface area contributed by atoms with Gasteiger partial charge in [0.1, 0.15) is 16.0 Å². The van der Waals surface area contributed by atoms with Crippen LogP contribution in [0.2, 0.25) is 10.0 Å². The molecule has 0 saturated carbocycles. The fourth-order valence-electron chi connectivity index (χ4n) is 6.58. The second kappa shape index (κ2) is 15.5. The number of piperidine rings is 1. The first kappa shape index (κ1) is 34.7. The Hall–Kier alpha value is -2.62. The van der Waals surface area contributed by atoms with Crippen LogP contribution in [0.4, 0.5) is 0 Å². The van der Waals surface area contributed by atoms with Crippen molar-refractivity contribution in [1.82, 2.24) is 9.80 Å². The van der Waals surface area contributed by atoms with Crippen LogP contribution in [-0.4, -0.2) is 73.6 Å². The molecule has 1 amide bonds. The van der Waals surface area contributed by atoms with Crippen molar-refractivity contribution in [2.24, 2.45) is 0 Å². The van der Waals surface area contributed by atoms with E-state index in [0.29, 0.717) is 44.0 Å². The minimum absolute atomic E-state index is 0.0172. The number of likely N-dealkylation sites (tertiary alicyclic amines) is 1. The average Bonchev–Trinajstić information content (AvgIpc) is 3.07. The normalized spacial score (nSPS) is 15.5. The van der Waals surface area contributed by atoms with E-state index in [0.717, 1.165) is 60.1 Å². The number of hydrogen-bond acceptors (Lipinski definition) is 5. The highest BCUT2D eigenvalue weighted by molar-refractivity contribution is 9.10. The van der Waals surface area contributed by atoms with Gasteiger partial charge in [0.05, 0.1) is 40.6 Å². The van der Waals surface area contributed by atoms with Crippen molar-refractivity contribution in [3.05, 3.63) is 97.9 Å². The number of amides is 1. The third-order valence-electron chi connectivity index (χ3n) is 8.99. The SMILES string of the molecule is COc1c(Br)c(OC)c2ccccc2c1C(=O)N(C)C[C@@H](CCN1CCC(c2ccccc2[S@](C)=O)CC1)c1ccc(Cl)c(Cl)c1. The number of rotatable bonds is 11. The highest BCUT2D eigenvalue weighted by Gasteiger charge is 2.29. The Morgan fingerprint density at radius 1 is 0.978 bits per heavy atom. The van der Waals surface area contributed by atoms with Gasteiger partial charge in [-0.3, -0.25) is 9.00 Å². The summed E-state index contributed by atoms with van der Waals surface area (Å²) in [7, 11) is 4.00. The zero-order valence-electron chi connectivity index (χ0n) is 26.5. The summed E-state index contributed by atoms with van der Waals surface area (Å²) in [5.41, 5.74) is 2.73. The lowest BCUT2D eigenvalue weighted by Crippen LogP contribution is -2.36. The van der Waals surface area contributed by atoms with Gasteiger partial charge in [-0.2, -0.15) is 0 Å². The monoisotopic (exact) mass is 744 g/mol. The molecular weight excluding hydrogens is 707 g/mol. The lowest BCUT2D eigenvalue weighted by molar-refractivity contribution is 0.0780. The number of ether oxygens (including phenoxy) is 2. The van der Waals surface area contributed by atoms with Gasteiger partial charge in [0.2, 0.25) is 0 Å². The van der Waals surface area contributed by atoms with E-state index in [4.69, 9.17) is 32.7 Å². The molecule has 1 saturated heterocycles. The van der Waals surface area contributed by atoms with Crippen LogP contribution in [0.3, 0.4) is 0 Å². The van der Waals surface area contributed by atoms with Gasteiger partial charge in [-0.05, 0) is 90.1 Å².